The van der Waals surface area contributed by atoms with Gasteiger partial charge in [0.1, 0.15) is 0 Å². The summed E-state index contributed by atoms with van der Waals surface area (Å²) in [5.41, 5.74) is 1.02. The van der Waals surface area contributed by atoms with Crippen molar-refractivity contribution in [1.82, 2.24) is 0 Å². The predicted molar refractivity (Wildman–Crippen MR) is 55.5 cm³/mol. The van der Waals surface area contributed by atoms with Gasteiger partial charge in [-0.1, -0.05) is 30.3 Å². The van der Waals surface area contributed by atoms with Crippen LogP contribution in [0.1, 0.15) is 12.5 Å². The molecule has 0 aliphatic carbocycles. The summed E-state index contributed by atoms with van der Waals surface area (Å²) in [5.74, 6) is 0. The molecular formula is C11H12N2. The van der Waals surface area contributed by atoms with Crippen LogP contribution in [0.3, 0.4) is 0 Å². The van der Waals surface area contributed by atoms with Crippen molar-refractivity contribution in [2.24, 2.45) is 9.98 Å². The summed E-state index contributed by atoms with van der Waals surface area (Å²) >= 11 is 0. The van der Waals surface area contributed by atoms with Crippen LogP contribution in [0.25, 0.3) is 0 Å². The molecule has 2 rings (SSSR count). The first-order chi connectivity index (χ1) is 6.29. The third-order valence-corrected chi connectivity index (χ3v) is 2.15. The summed E-state index contributed by atoms with van der Waals surface area (Å²) in [6.45, 7) is 2.04. The smallest absolute Gasteiger partial charge is 0.151 e. The zero-order chi connectivity index (χ0) is 9.15. The third kappa shape index (κ3) is 1.83. The zero-order valence-electron chi connectivity index (χ0n) is 7.64. The highest BCUT2D eigenvalue weighted by molar-refractivity contribution is 6.17. The summed E-state index contributed by atoms with van der Waals surface area (Å²) in [6.07, 6.45) is 4.41. The Labute approximate surface area is 78.0 Å². The molecule has 0 spiro atoms. The normalized spacial score (nSPS) is 17.9. The molecule has 0 saturated heterocycles. The molecule has 0 amide bonds. The van der Waals surface area contributed by atoms with E-state index in [9.17, 15) is 0 Å². The molecule has 0 unspecified atom stereocenters. The lowest BCUT2D eigenvalue weighted by Crippen LogP contribution is -2.19. The van der Waals surface area contributed by atoms with Gasteiger partial charge in [0, 0.05) is 18.9 Å². The van der Waals surface area contributed by atoms with Crippen LogP contribution in [0.4, 0.5) is 0 Å². The second-order valence-electron chi connectivity index (χ2n) is 3.44. The summed E-state index contributed by atoms with van der Waals surface area (Å²) in [6, 6.07) is 10.3. The molecule has 1 aliphatic heterocycles. The highest BCUT2D eigenvalue weighted by Gasteiger charge is 2.22. The molecule has 1 aromatic rings. The Hall–Kier alpha value is -1.44. The van der Waals surface area contributed by atoms with Crippen molar-refractivity contribution in [1.29, 1.82) is 0 Å². The monoisotopic (exact) mass is 172 g/mol. The highest BCUT2D eigenvalue weighted by Crippen LogP contribution is 2.20. The standard InChI is InChI=1S/C11H12N2/c1-11(12-7-8-13-11)9-10-5-3-2-4-6-10/h2-8H,9H2,1H3. The fraction of sp³-hybridized carbons (Fsp3) is 0.273. The van der Waals surface area contributed by atoms with E-state index in [1.54, 1.807) is 12.4 Å². The van der Waals surface area contributed by atoms with Crippen LogP contribution in [0, 0.1) is 0 Å². The van der Waals surface area contributed by atoms with Gasteiger partial charge < -0.3 is 0 Å². The molecule has 2 nitrogen and oxygen atoms in total. The van der Waals surface area contributed by atoms with Crippen molar-refractivity contribution >= 4 is 12.4 Å². The Morgan fingerprint density at radius 2 is 1.69 bits per heavy atom. The summed E-state index contributed by atoms with van der Waals surface area (Å²) in [5, 5.41) is 0. The van der Waals surface area contributed by atoms with Gasteiger partial charge in [-0.05, 0) is 12.5 Å². The third-order valence-electron chi connectivity index (χ3n) is 2.15. The first-order valence-corrected chi connectivity index (χ1v) is 4.41. The van der Waals surface area contributed by atoms with Gasteiger partial charge in [-0.3, -0.25) is 9.98 Å². The van der Waals surface area contributed by atoms with Gasteiger partial charge >= 0.3 is 0 Å². The van der Waals surface area contributed by atoms with Crippen LogP contribution >= 0.6 is 0 Å². The minimum absolute atomic E-state index is 0.263. The Morgan fingerprint density at radius 3 is 2.31 bits per heavy atom. The first-order valence-electron chi connectivity index (χ1n) is 4.41. The van der Waals surface area contributed by atoms with E-state index in [4.69, 9.17) is 0 Å². The fourth-order valence-corrected chi connectivity index (χ4v) is 1.49. The van der Waals surface area contributed by atoms with Crippen molar-refractivity contribution in [2.45, 2.75) is 19.0 Å². The first kappa shape index (κ1) is 8.17. The second-order valence-corrected chi connectivity index (χ2v) is 3.44. The number of nitrogens with zero attached hydrogens (tertiary/aromatic N) is 2. The van der Waals surface area contributed by atoms with Crippen LogP contribution in [0.2, 0.25) is 0 Å². The highest BCUT2D eigenvalue weighted by atomic mass is 15.1. The number of benzene rings is 1. The van der Waals surface area contributed by atoms with Gasteiger partial charge in [-0.25, -0.2) is 0 Å². The minimum Gasteiger partial charge on any atom is -0.262 e. The number of rotatable bonds is 2. The molecule has 66 valence electrons. The Balaban J connectivity index is 2.15. The average molecular weight is 172 g/mol. The van der Waals surface area contributed by atoms with Crippen molar-refractivity contribution in [2.75, 3.05) is 0 Å². The minimum atomic E-state index is -0.263. The molecule has 0 fully saturated rings. The van der Waals surface area contributed by atoms with E-state index in [-0.39, 0.29) is 5.66 Å². The maximum atomic E-state index is 4.32. The average Bonchev–Trinajstić information content (AvgIpc) is 2.54. The van der Waals surface area contributed by atoms with E-state index in [1.165, 1.54) is 5.56 Å². The van der Waals surface area contributed by atoms with E-state index in [0.717, 1.165) is 6.42 Å². The molecule has 2 heteroatoms. The van der Waals surface area contributed by atoms with Gasteiger partial charge in [0.15, 0.2) is 5.66 Å². The Bertz CT molecular complexity index is 326. The fourth-order valence-electron chi connectivity index (χ4n) is 1.49. The van der Waals surface area contributed by atoms with E-state index in [1.807, 2.05) is 25.1 Å². The van der Waals surface area contributed by atoms with Crippen molar-refractivity contribution in [3.05, 3.63) is 35.9 Å². The largest absolute Gasteiger partial charge is 0.262 e. The van der Waals surface area contributed by atoms with Crippen molar-refractivity contribution < 1.29 is 0 Å². The van der Waals surface area contributed by atoms with Crippen LogP contribution in [-0.2, 0) is 6.42 Å². The maximum absolute atomic E-state index is 4.32. The van der Waals surface area contributed by atoms with Crippen LogP contribution in [-0.4, -0.2) is 18.1 Å². The molecule has 13 heavy (non-hydrogen) atoms. The number of hydrogen-bond donors (Lipinski definition) is 0. The number of aliphatic imine (C=N–C) groups is 2. The molecule has 1 heterocycles. The van der Waals surface area contributed by atoms with Crippen LogP contribution in [0.5, 0.6) is 0 Å². The zero-order valence-corrected chi connectivity index (χ0v) is 7.64. The van der Waals surface area contributed by atoms with Gasteiger partial charge in [0.2, 0.25) is 0 Å². The quantitative estimate of drug-likeness (QED) is 0.652. The molecule has 1 aliphatic rings. The van der Waals surface area contributed by atoms with Gasteiger partial charge in [-0.15, -0.1) is 0 Å². The van der Waals surface area contributed by atoms with Crippen LogP contribution in [0.15, 0.2) is 40.3 Å². The molecular weight excluding hydrogens is 160 g/mol. The Kier molecular flexibility index (Phi) is 1.97. The maximum Gasteiger partial charge on any atom is 0.151 e. The molecule has 0 bridgehead atoms. The lowest BCUT2D eigenvalue weighted by atomic mass is 10.0. The van der Waals surface area contributed by atoms with Gasteiger partial charge in [0.05, 0.1) is 0 Å². The van der Waals surface area contributed by atoms with Gasteiger partial charge in [-0.2, -0.15) is 0 Å². The lowest BCUT2D eigenvalue weighted by molar-refractivity contribution is 0.507. The second kappa shape index (κ2) is 3.13. The topological polar surface area (TPSA) is 24.7 Å². The van der Waals surface area contributed by atoms with Gasteiger partial charge in [0.25, 0.3) is 0 Å². The molecule has 1 aromatic carbocycles. The predicted octanol–water partition coefficient (Wildman–Crippen LogP) is 2.10. The van der Waals surface area contributed by atoms with E-state index in [0.29, 0.717) is 0 Å². The number of hydrogen-bond acceptors (Lipinski definition) is 2. The summed E-state index contributed by atoms with van der Waals surface area (Å²) in [4.78, 5) is 8.63. The van der Waals surface area contributed by atoms with E-state index >= 15 is 0 Å². The summed E-state index contributed by atoms with van der Waals surface area (Å²) in [7, 11) is 0. The SMILES string of the molecule is CC1(Cc2ccccc2)N=CC=N1. The van der Waals surface area contributed by atoms with Crippen molar-refractivity contribution in [3.63, 3.8) is 0 Å². The Morgan fingerprint density at radius 1 is 1.08 bits per heavy atom. The lowest BCUT2D eigenvalue weighted by Gasteiger charge is -2.16. The molecule has 0 aromatic heterocycles. The molecule has 0 atom stereocenters. The van der Waals surface area contributed by atoms with E-state index in [2.05, 4.69) is 22.1 Å². The van der Waals surface area contributed by atoms with E-state index < -0.39 is 0 Å². The van der Waals surface area contributed by atoms with Crippen molar-refractivity contribution in [3.8, 4) is 0 Å². The molecule has 0 saturated carbocycles. The molecule has 0 radical (unpaired) electrons. The van der Waals surface area contributed by atoms with Crippen LogP contribution < -0.4 is 0 Å². The summed E-state index contributed by atoms with van der Waals surface area (Å²) < 4.78 is 0. The molecule has 0 N–H and O–H groups in total.